The number of aliphatic carboxylic acids is 1. The summed E-state index contributed by atoms with van der Waals surface area (Å²) in [6.07, 6.45) is -18.0. The lowest BCUT2D eigenvalue weighted by Crippen LogP contribution is -2.64. The molecule has 610 valence electrons. The fraction of sp³-hybridized carbons (Fsp3) is 0.359. The van der Waals surface area contributed by atoms with Gasteiger partial charge < -0.3 is 123 Å². The van der Waals surface area contributed by atoms with Gasteiger partial charge in [0.2, 0.25) is 53.4 Å². The normalized spacial score (nSPS) is 27.2. The SMILES string of the molecule is CN[C@@H](CC(C)C)C(=O)NC1C(=O)NC(CC(N)=O)C(=O)NC2C(=O)NC3C(=O)N[C@H](C(=O)NC(C(=O)O)c4cc(O)cc(O)c4-c4cc3ccc4O)[C@H](O)c3ccc(c(Cl)c3)Oc3cc2cc(c3OC2OC(CN)C(O)C(O)C2OC2CC(I)(NCc3ccc(-c4ccc(Cl)cc4)cc3)C(O)C(C)O2)Oc2ccc(cc2Cl)C1O. The van der Waals surface area contributed by atoms with Gasteiger partial charge in [-0.25, -0.2) is 4.79 Å². The minimum Gasteiger partial charge on any atom is -0.508 e. The van der Waals surface area contributed by atoms with Crippen LogP contribution in [0.15, 0.2) is 127 Å². The molecule has 33 nitrogen and oxygen atoms in total. The number of benzene rings is 7. The third-order valence-electron chi connectivity index (χ3n) is 20.2. The highest BCUT2D eigenvalue weighted by Crippen LogP contribution is 2.50. The number of nitrogens with one attached hydrogen (secondary N) is 8. The molecule has 115 heavy (non-hydrogen) atoms. The Balaban J connectivity index is 1.04. The summed E-state index contributed by atoms with van der Waals surface area (Å²) in [5.74, 6) is -15.8. The molecule has 7 aromatic carbocycles. The summed E-state index contributed by atoms with van der Waals surface area (Å²) in [7, 11) is 1.48. The van der Waals surface area contributed by atoms with E-state index in [2.05, 4.69) is 65.1 Å². The van der Waals surface area contributed by atoms with E-state index < -0.39 is 229 Å². The highest BCUT2D eigenvalue weighted by Gasteiger charge is 2.53. The number of phenols is 3. The fourth-order valence-corrected chi connectivity index (χ4v) is 15.8. The molecule has 7 aliphatic rings. The number of halogens is 4. The van der Waals surface area contributed by atoms with Crippen LogP contribution >= 0.6 is 57.4 Å². The molecule has 15 unspecified atom stereocenters. The van der Waals surface area contributed by atoms with E-state index >= 15 is 14.4 Å². The van der Waals surface area contributed by atoms with Crippen molar-refractivity contribution in [1.82, 2.24) is 42.5 Å². The van der Waals surface area contributed by atoms with Gasteiger partial charge in [-0.3, -0.25) is 38.9 Å². The van der Waals surface area contributed by atoms with Gasteiger partial charge in [-0.15, -0.1) is 0 Å². The minimum absolute atomic E-state index is 0.102. The predicted molar refractivity (Wildman–Crippen MR) is 419 cm³/mol. The van der Waals surface area contributed by atoms with Crippen molar-refractivity contribution >= 4 is 105 Å². The van der Waals surface area contributed by atoms with Crippen molar-refractivity contribution in [2.45, 2.75) is 154 Å². The minimum atomic E-state index is -2.35. The molecule has 0 saturated carbocycles. The highest BCUT2D eigenvalue weighted by molar-refractivity contribution is 14.1. The maximum absolute atomic E-state index is 16.2. The topological polar surface area (TPSA) is 522 Å². The van der Waals surface area contributed by atoms with Crippen molar-refractivity contribution in [2.24, 2.45) is 17.4 Å². The largest absolute Gasteiger partial charge is 0.508 e. The van der Waals surface area contributed by atoms with Gasteiger partial charge in [-0.1, -0.05) is 126 Å². The first-order chi connectivity index (χ1) is 54.6. The molecule has 0 aromatic heterocycles. The summed E-state index contributed by atoms with van der Waals surface area (Å²) < 4.78 is 38.5. The van der Waals surface area contributed by atoms with Crippen LogP contribution in [0.25, 0.3) is 22.3 Å². The number of hydrogen-bond acceptors (Lipinski definition) is 25. The summed E-state index contributed by atoms with van der Waals surface area (Å²) >= 11 is 22.5. The number of aliphatic hydroxyl groups excluding tert-OH is 5. The molecular weight excluding hydrogens is 1680 g/mol. The number of rotatable bonds is 17. The second kappa shape index (κ2) is 35.4. The van der Waals surface area contributed by atoms with Crippen LogP contribution in [-0.2, 0) is 59.1 Å². The Kier molecular flexibility index (Phi) is 26.0. The van der Waals surface area contributed by atoms with Gasteiger partial charge in [0, 0.05) is 47.3 Å². The van der Waals surface area contributed by atoms with Crippen LogP contribution in [0.2, 0.25) is 15.1 Å². The van der Waals surface area contributed by atoms with E-state index in [4.69, 9.17) is 74.7 Å². The molecule has 18 atom stereocenters. The molecule has 0 spiro atoms. The van der Waals surface area contributed by atoms with E-state index in [0.29, 0.717) is 5.02 Å². The first-order valence-corrected chi connectivity index (χ1v) is 38.4. The molecule has 0 radical (unpaired) electrons. The third kappa shape index (κ3) is 18.6. The van der Waals surface area contributed by atoms with Crippen molar-refractivity contribution < 1.29 is 113 Å². The first kappa shape index (κ1) is 84.7. The van der Waals surface area contributed by atoms with Crippen molar-refractivity contribution in [1.29, 1.82) is 0 Å². The number of fused-ring (bicyclic) bond motifs is 15. The second-order valence-electron chi connectivity index (χ2n) is 28.7. The lowest BCUT2D eigenvalue weighted by Gasteiger charge is -2.47. The van der Waals surface area contributed by atoms with Gasteiger partial charge >= 0.3 is 5.97 Å². The van der Waals surface area contributed by atoms with E-state index in [1.165, 1.54) is 19.2 Å². The summed E-state index contributed by atoms with van der Waals surface area (Å²) in [6, 6.07) is 14.6. The van der Waals surface area contributed by atoms with Crippen molar-refractivity contribution in [2.75, 3.05) is 13.6 Å². The molecule has 14 rings (SSSR count). The lowest BCUT2D eigenvalue weighted by molar-refractivity contribution is -0.328. The zero-order chi connectivity index (χ0) is 82.9. The van der Waals surface area contributed by atoms with Crippen molar-refractivity contribution in [3.63, 3.8) is 0 Å². The smallest absolute Gasteiger partial charge is 0.330 e. The molecule has 2 fully saturated rings. The van der Waals surface area contributed by atoms with Crippen LogP contribution in [0.1, 0.15) is 104 Å². The number of aromatic hydroxyl groups is 3. The molecule has 7 aromatic rings. The predicted octanol–water partition coefficient (Wildman–Crippen LogP) is 4.60. The Morgan fingerprint density at radius 1 is 0.670 bits per heavy atom. The Hall–Kier alpha value is -9.74. The zero-order valence-corrected chi connectivity index (χ0v) is 65.9. The number of carboxylic acid groups (broad SMARTS) is 1. The van der Waals surface area contributed by atoms with Gasteiger partial charge in [0.25, 0.3) is 0 Å². The molecule has 21 N–H and O–H groups in total. The number of ether oxygens (including phenoxy) is 6. The maximum atomic E-state index is 16.2. The molecule has 11 bridgehead atoms. The van der Waals surface area contributed by atoms with Gasteiger partial charge in [-0.05, 0) is 132 Å². The summed E-state index contributed by atoms with van der Waals surface area (Å²) in [5, 5.41) is 127. The number of amides is 7. The zero-order valence-electron chi connectivity index (χ0n) is 61.5. The van der Waals surface area contributed by atoms with Crippen LogP contribution in [-0.4, -0.2) is 184 Å². The Bertz CT molecular complexity index is 4900. The number of carbonyl (C=O) groups excluding carboxylic acids is 7. The molecule has 7 heterocycles. The summed E-state index contributed by atoms with van der Waals surface area (Å²) in [6.45, 7) is 4.96. The van der Waals surface area contributed by atoms with Crippen LogP contribution in [0.3, 0.4) is 0 Å². The van der Waals surface area contributed by atoms with Crippen LogP contribution < -0.4 is 68.2 Å². The number of phenolic OH excluding ortho intramolecular Hbond substituents is 3. The number of nitrogens with two attached hydrogens (primary N) is 2. The molecule has 7 amide bonds. The Morgan fingerprint density at radius 2 is 1.27 bits per heavy atom. The maximum Gasteiger partial charge on any atom is 0.330 e. The van der Waals surface area contributed by atoms with Gasteiger partial charge in [0.15, 0.2) is 29.9 Å². The number of carbonyl (C=O) groups is 8. The number of hydrogen-bond donors (Lipinski definition) is 19. The molecule has 0 aliphatic carbocycles. The van der Waals surface area contributed by atoms with Crippen LogP contribution in [0, 0.1) is 5.92 Å². The molecular formula is C78H82Cl3IN10O23. The van der Waals surface area contributed by atoms with Crippen molar-refractivity contribution in [3.05, 3.63) is 176 Å². The molecule has 37 heteroatoms. The van der Waals surface area contributed by atoms with E-state index in [0.717, 1.165) is 83.4 Å². The van der Waals surface area contributed by atoms with Crippen molar-refractivity contribution in [3.8, 4) is 68.2 Å². The van der Waals surface area contributed by atoms with Gasteiger partial charge in [0.05, 0.1) is 28.6 Å². The van der Waals surface area contributed by atoms with Gasteiger partial charge in [0.1, 0.15) is 99.1 Å². The van der Waals surface area contributed by atoms with E-state index in [9.17, 15) is 69.9 Å². The average Bonchev–Trinajstić information content (AvgIpc) is 0.764. The number of alkyl halides is 1. The Morgan fingerprint density at radius 3 is 1.87 bits per heavy atom. The molecule has 7 aliphatic heterocycles. The van der Waals surface area contributed by atoms with Crippen LogP contribution in [0.4, 0.5) is 0 Å². The average molecular weight is 1760 g/mol. The number of carboxylic acids is 1. The van der Waals surface area contributed by atoms with E-state index in [-0.39, 0.29) is 58.5 Å². The quantitative estimate of drug-likeness (QED) is 0.0336. The number of likely N-dealkylation sites (N-methyl/N-ethyl adjacent to an activating group) is 1. The Labute approximate surface area is 684 Å². The summed E-state index contributed by atoms with van der Waals surface area (Å²) in [5.41, 5.74) is 11.9. The third-order valence-corrected chi connectivity index (χ3v) is 22.5. The van der Waals surface area contributed by atoms with E-state index in [1.807, 2.05) is 50.2 Å². The fourth-order valence-electron chi connectivity index (χ4n) is 14.1. The lowest BCUT2D eigenvalue weighted by atomic mass is 9.89. The number of primary amides is 1. The van der Waals surface area contributed by atoms with Gasteiger partial charge in [-0.2, -0.15) is 0 Å². The number of aliphatic hydroxyl groups is 5. The monoisotopic (exact) mass is 1760 g/mol. The molecule has 2 saturated heterocycles. The van der Waals surface area contributed by atoms with E-state index in [1.54, 1.807) is 19.1 Å². The first-order valence-electron chi connectivity index (χ1n) is 36.2. The highest BCUT2D eigenvalue weighted by atomic mass is 127. The second-order valence-corrected chi connectivity index (χ2v) is 31.9. The standard InChI is InChI=1S/C78H82Cl3IN10O23/c1-31(2)19-46(85-4)70(102)91-61-63(97)37-12-17-50(44(80)21-37)111-52-23-39-24-53(67(52)115-77-68(66(100)65(99)54(29-83)113-77)114-56-28-78(82,69(101)32(3)110-56)86-30-33-5-7-34(8-6-33)35-9-14-40(79)15-10-35)112-51-18-13-38(22-45(51)81)64(98)62-75(107)90-60(76(108)109)43-25-41(93)26-49(95)57(43)42-20-36(11-16-48(42)94)58(72(104)92-62)89-73(105)59(39)88-71(103)47(27-55(84)96)87-74(61)106/h5-18,20-26,31-32,46-47,54,56,58-66,68-69,77,85-86,93-95,97-101H,19,27-30,83H2,1-4H3,(H2,84,96)(H,87,106)(H,88,103)(H,89,105)(H,90,107)(H,91,102)(H,92,104)(H,108,109)/t32?,46-,47?,54?,56?,58?,59?,60?,61?,62-,63?,64+,65?,66?,68?,69?,77?,78?/m0/s1. The summed E-state index contributed by atoms with van der Waals surface area (Å²) in [4.78, 5) is 118. The van der Waals surface area contributed by atoms with Crippen LogP contribution in [0.5, 0.6) is 46.0 Å².